The van der Waals surface area contributed by atoms with Crippen LogP contribution in [0.1, 0.15) is 27.4 Å². The minimum Gasteiger partial charge on any atom is -0.407 e. The first-order valence-electron chi connectivity index (χ1n) is 7.15. The second-order valence-corrected chi connectivity index (χ2v) is 6.15. The number of rotatable bonds is 4. The molecule has 0 atom stereocenters. The maximum absolute atomic E-state index is 12.2. The predicted octanol–water partition coefficient (Wildman–Crippen LogP) is 4.53. The first-order valence-corrected chi connectivity index (χ1v) is 7.90. The van der Waals surface area contributed by atoms with Crippen LogP contribution in [0.2, 0.25) is 10.0 Å². The van der Waals surface area contributed by atoms with E-state index < -0.39 is 5.91 Å². The van der Waals surface area contributed by atoms with Gasteiger partial charge >= 0.3 is 6.01 Å². The van der Waals surface area contributed by atoms with Gasteiger partial charge in [-0.25, -0.2) is 0 Å². The number of hydrogen-bond acceptors (Lipinski definition) is 4. The molecule has 0 radical (unpaired) electrons. The van der Waals surface area contributed by atoms with Crippen molar-refractivity contribution in [2.45, 2.75) is 13.3 Å². The van der Waals surface area contributed by atoms with Crippen molar-refractivity contribution in [3.63, 3.8) is 0 Å². The van der Waals surface area contributed by atoms with Crippen molar-refractivity contribution in [1.82, 2.24) is 10.2 Å². The van der Waals surface area contributed by atoms with Crippen LogP contribution >= 0.6 is 23.2 Å². The molecule has 0 aliphatic carbocycles. The minimum absolute atomic E-state index is 0.0261. The van der Waals surface area contributed by atoms with E-state index in [9.17, 15) is 4.79 Å². The van der Waals surface area contributed by atoms with Gasteiger partial charge in [-0.15, -0.1) is 5.10 Å². The molecule has 0 aliphatic heterocycles. The third-order valence-electron chi connectivity index (χ3n) is 3.29. The Morgan fingerprint density at radius 3 is 2.42 bits per heavy atom. The number of anilines is 1. The van der Waals surface area contributed by atoms with E-state index in [1.807, 2.05) is 31.2 Å². The van der Waals surface area contributed by atoms with Crippen LogP contribution in [0.5, 0.6) is 0 Å². The summed E-state index contributed by atoms with van der Waals surface area (Å²) in [5, 5.41) is 11.0. The number of hydrogen-bond donors (Lipinski definition) is 1. The van der Waals surface area contributed by atoms with E-state index >= 15 is 0 Å². The second-order valence-electron chi connectivity index (χ2n) is 5.28. The van der Waals surface area contributed by atoms with Gasteiger partial charge in [0.25, 0.3) is 5.91 Å². The van der Waals surface area contributed by atoms with Gasteiger partial charge in [0.05, 0.1) is 6.42 Å². The number of halogens is 2. The fourth-order valence-corrected chi connectivity index (χ4v) is 2.64. The lowest BCUT2D eigenvalue weighted by molar-refractivity contribution is 0.102. The van der Waals surface area contributed by atoms with Crippen molar-refractivity contribution in [2.24, 2.45) is 0 Å². The molecule has 3 aromatic rings. The van der Waals surface area contributed by atoms with Gasteiger partial charge in [0, 0.05) is 15.6 Å². The number of carbonyl (C=O) groups is 1. The van der Waals surface area contributed by atoms with Crippen molar-refractivity contribution in [1.29, 1.82) is 0 Å². The van der Waals surface area contributed by atoms with E-state index in [1.165, 1.54) is 17.7 Å². The quantitative estimate of drug-likeness (QED) is 0.741. The third kappa shape index (κ3) is 4.13. The molecule has 24 heavy (non-hydrogen) atoms. The Morgan fingerprint density at radius 2 is 1.75 bits per heavy atom. The first kappa shape index (κ1) is 16.5. The summed E-state index contributed by atoms with van der Waals surface area (Å²) in [6, 6.07) is 12.6. The Labute approximate surface area is 148 Å². The number of carbonyl (C=O) groups excluding carboxylic acids is 1. The maximum Gasteiger partial charge on any atom is 0.322 e. The molecular formula is C17H13Cl2N3O2. The van der Waals surface area contributed by atoms with E-state index in [2.05, 4.69) is 15.5 Å². The van der Waals surface area contributed by atoms with Crippen molar-refractivity contribution in [3.8, 4) is 0 Å². The number of nitrogens with one attached hydrogen (secondary N) is 1. The van der Waals surface area contributed by atoms with Gasteiger partial charge in [-0.1, -0.05) is 58.1 Å². The molecule has 0 saturated carbocycles. The topological polar surface area (TPSA) is 68.0 Å². The van der Waals surface area contributed by atoms with E-state index in [1.54, 1.807) is 6.07 Å². The van der Waals surface area contributed by atoms with Crippen LogP contribution in [-0.2, 0) is 6.42 Å². The van der Waals surface area contributed by atoms with Crippen LogP contribution in [0.3, 0.4) is 0 Å². The summed E-state index contributed by atoms with van der Waals surface area (Å²) in [6.07, 6.45) is 0.492. The lowest BCUT2D eigenvalue weighted by Gasteiger charge is -2.02. The van der Waals surface area contributed by atoms with Gasteiger partial charge in [-0.3, -0.25) is 10.1 Å². The van der Waals surface area contributed by atoms with Crippen LogP contribution in [0.15, 0.2) is 46.9 Å². The summed E-state index contributed by atoms with van der Waals surface area (Å²) < 4.78 is 5.45. The third-order valence-corrected chi connectivity index (χ3v) is 3.72. The Hall–Kier alpha value is -2.37. The van der Waals surface area contributed by atoms with Gasteiger partial charge in [0.15, 0.2) is 0 Å². The molecule has 3 rings (SSSR count). The van der Waals surface area contributed by atoms with Crippen LogP contribution in [-0.4, -0.2) is 16.1 Å². The Bertz CT molecular complexity index is 856. The number of aryl methyl sites for hydroxylation is 1. The van der Waals surface area contributed by atoms with E-state index in [4.69, 9.17) is 27.6 Å². The molecule has 7 heteroatoms. The summed E-state index contributed by atoms with van der Waals surface area (Å²) >= 11 is 11.8. The number of benzene rings is 2. The van der Waals surface area contributed by atoms with E-state index in [-0.39, 0.29) is 6.01 Å². The largest absolute Gasteiger partial charge is 0.407 e. The maximum atomic E-state index is 12.2. The molecule has 1 amide bonds. The highest BCUT2D eigenvalue weighted by Gasteiger charge is 2.13. The van der Waals surface area contributed by atoms with Gasteiger partial charge in [-0.05, 0) is 30.7 Å². The molecule has 1 N–H and O–H groups in total. The van der Waals surface area contributed by atoms with Gasteiger partial charge in [-0.2, -0.15) is 0 Å². The lowest BCUT2D eigenvalue weighted by atomic mass is 10.1. The number of aromatic nitrogens is 2. The smallest absolute Gasteiger partial charge is 0.322 e. The summed E-state index contributed by atoms with van der Waals surface area (Å²) in [7, 11) is 0. The molecular weight excluding hydrogens is 349 g/mol. The molecule has 0 unspecified atom stereocenters. The van der Waals surface area contributed by atoms with Gasteiger partial charge in [0.2, 0.25) is 5.89 Å². The van der Waals surface area contributed by atoms with Crippen LogP contribution in [0, 0.1) is 6.92 Å². The summed E-state index contributed by atoms with van der Waals surface area (Å²) in [5.41, 5.74) is 2.53. The summed E-state index contributed by atoms with van der Waals surface area (Å²) in [4.78, 5) is 12.2. The van der Waals surface area contributed by atoms with Gasteiger partial charge < -0.3 is 4.42 Å². The fourth-order valence-electron chi connectivity index (χ4n) is 2.11. The molecule has 2 aromatic carbocycles. The van der Waals surface area contributed by atoms with Crippen molar-refractivity contribution < 1.29 is 9.21 Å². The van der Waals surface area contributed by atoms with E-state index in [0.717, 1.165) is 5.56 Å². The highest BCUT2D eigenvalue weighted by atomic mass is 35.5. The van der Waals surface area contributed by atoms with Crippen LogP contribution in [0.25, 0.3) is 0 Å². The molecule has 0 aliphatic rings. The molecule has 0 spiro atoms. The number of nitrogens with zero attached hydrogens (tertiary/aromatic N) is 2. The molecule has 122 valence electrons. The Balaban J connectivity index is 1.69. The first-order chi connectivity index (χ1) is 11.5. The monoisotopic (exact) mass is 361 g/mol. The Kier molecular flexibility index (Phi) is 4.83. The summed E-state index contributed by atoms with van der Waals surface area (Å²) in [6.45, 7) is 2.02. The zero-order valence-electron chi connectivity index (χ0n) is 12.7. The van der Waals surface area contributed by atoms with Crippen LogP contribution in [0.4, 0.5) is 6.01 Å². The normalized spacial score (nSPS) is 10.6. The zero-order valence-corrected chi connectivity index (χ0v) is 14.2. The molecule has 0 bridgehead atoms. The molecule has 5 nitrogen and oxygen atoms in total. The zero-order chi connectivity index (χ0) is 17.1. The van der Waals surface area contributed by atoms with Crippen molar-refractivity contribution in [3.05, 3.63) is 75.1 Å². The highest BCUT2D eigenvalue weighted by molar-refractivity contribution is 6.35. The Morgan fingerprint density at radius 1 is 1.08 bits per heavy atom. The lowest BCUT2D eigenvalue weighted by Crippen LogP contribution is -2.12. The van der Waals surface area contributed by atoms with Crippen molar-refractivity contribution in [2.75, 3.05) is 5.32 Å². The standard InChI is InChI=1S/C17H13Cl2N3O2/c1-10-2-4-11(5-3-10)6-15-21-22-17(24-15)20-16(23)12-7-13(18)9-14(19)8-12/h2-5,7-9H,6H2,1H3,(H,20,22,23). The minimum atomic E-state index is -0.426. The fraction of sp³-hybridized carbons (Fsp3) is 0.118. The average Bonchev–Trinajstić information content (AvgIpc) is 2.95. The van der Waals surface area contributed by atoms with Crippen molar-refractivity contribution >= 4 is 35.1 Å². The van der Waals surface area contributed by atoms with Crippen LogP contribution < -0.4 is 5.32 Å². The molecule has 1 aromatic heterocycles. The molecule has 0 fully saturated rings. The summed E-state index contributed by atoms with van der Waals surface area (Å²) in [5.74, 6) is -0.0109. The highest BCUT2D eigenvalue weighted by Crippen LogP contribution is 2.20. The molecule has 0 saturated heterocycles. The second kappa shape index (κ2) is 7.03. The number of amides is 1. The molecule has 1 heterocycles. The predicted molar refractivity (Wildman–Crippen MR) is 92.7 cm³/mol. The average molecular weight is 362 g/mol. The van der Waals surface area contributed by atoms with E-state index in [0.29, 0.717) is 27.9 Å². The van der Waals surface area contributed by atoms with Gasteiger partial charge in [0.1, 0.15) is 0 Å². The SMILES string of the molecule is Cc1ccc(Cc2nnc(NC(=O)c3cc(Cl)cc(Cl)c3)o2)cc1.